The number of ether oxygens (including phenoxy) is 12. The van der Waals surface area contributed by atoms with E-state index < -0.39 is 122 Å². The maximum atomic E-state index is 12.5. The third-order valence-electron chi connectivity index (χ3n) is 6.63. The van der Waals surface area contributed by atoms with E-state index in [1.165, 1.54) is 0 Å². The van der Waals surface area contributed by atoms with E-state index in [4.69, 9.17) is 56.8 Å². The molecule has 2 rings (SSSR count). The van der Waals surface area contributed by atoms with Gasteiger partial charge in [-0.3, -0.25) is 33.6 Å². The van der Waals surface area contributed by atoms with Gasteiger partial charge in [0, 0.05) is 48.5 Å². The Morgan fingerprint density at radius 1 is 0.588 bits per heavy atom. The first-order valence-electron chi connectivity index (χ1n) is 15.5. The number of hydrogen-bond acceptors (Lipinski definition) is 20. The van der Waals surface area contributed by atoms with Gasteiger partial charge >= 0.3 is 47.8 Å². The molecular weight excluding hydrogens is 692 g/mol. The molecule has 0 aromatic heterocycles. The molecule has 2 aliphatic heterocycles. The maximum absolute atomic E-state index is 12.5. The van der Waals surface area contributed by atoms with E-state index in [9.17, 15) is 38.4 Å². The van der Waals surface area contributed by atoms with Gasteiger partial charge in [-0.2, -0.15) is 0 Å². The number of rotatable bonds is 16. The molecule has 2 fully saturated rings. The summed E-state index contributed by atoms with van der Waals surface area (Å²) >= 11 is 0. The van der Waals surface area contributed by atoms with Crippen molar-refractivity contribution in [3.05, 3.63) is 12.3 Å². The summed E-state index contributed by atoms with van der Waals surface area (Å²) in [6.07, 6.45) is -11.3. The third kappa shape index (κ3) is 13.1. The van der Waals surface area contributed by atoms with Crippen LogP contribution in [0.5, 0.6) is 0 Å². The molecule has 2 saturated heterocycles. The van der Waals surface area contributed by atoms with E-state index in [-0.39, 0.29) is 6.61 Å². The van der Waals surface area contributed by atoms with Crippen molar-refractivity contribution in [2.45, 2.75) is 110 Å². The molecule has 0 radical (unpaired) electrons. The summed E-state index contributed by atoms with van der Waals surface area (Å²) in [4.78, 5) is 97.1. The quantitative estimate of drug-likeness (QED) is 0.0854. The zero-order valence-corrected chi connectivity index (χ0v) is 29.3. The smallest absolute Gasteiger partial charge is 0.333 e. The lowest BCUT2D eigenvalue weighted by atomic mass is 9.97. The van der Waals surface area contributed by atoms with E-state index in [2.05, 4.69) is 0 Å². The Labute approximate surface area is 292 Å². The molecule has 0 saturated carbocycles. The van der Waals surface area contributed by atoms with Crippen molar-refractivity contribution in [1.82, 2.24) is 0 Å². The zero-order chi connectivity index (χ0) is 38.5. The Morgan fingerprint density at radius 3 is 1.65 bits per heavy atom. The molecule has 0 amide bonds. The Bertz CT molecular complexity index is 1330. The van der Waals surface area contributed by atoms with E-state index in [1.807, 2.05) is 0 Å². The summed E-state index contributed by atoms with van der Waals surface area (Å²) < 4.78 is 66.1. The average Bonchev–Trinajstić information content (AvgIpc) is 3.26. The molecular formula is C31H42O20. The number of carbonyl (C=O) groups is 8. The van der Waals surface area contributed by atoms with Crippen molar-refractivity contribution in [3.8, 4) is 0 Å². The summed E-state index contributed by atoms with van der Waals surface area (Å²) in [5.41, 5.74) is 0. The van der Waals surface area contributed by atoms with Gasteiger partial charge in [0.2, 0.25) is 12.1 Å². The Hall–Kier alpha value is -4.82. The highest BCUT2D eigenvalue weighted by molar-refractivity contribution is 5.81. The van der Waals surface area contributed by atoms with E-state index in [1.54, 1.807) is 6.92 Å². The lowest BCUT2D eigenvalue weighted by Gasteiger charge is -2.46. The summed E-state index contributed by atoms with van der Waals surface area (Å²) in [6, 6.07) is 0. The van der Waals surface area contributed by atoms with Crippen LogP contribution in [0.1, 0.15) is 55.4 Å². The van der Waals surface area contributed by atoms with Crippen LogP contribution in [0.2, 0.25) is 0 Å². The van der Waals surface area contributed by atoms with Crippen LogP contribution in [-0.4, -0.2) is 129 Å². The van der Waals surface area contributed by atoms with Crippen molar-refractivity contribution in [3.63, 3.8) is 0 Å². The fraction of sp³-hybridized carbons (Fsp3) is 0.677. The van der Waals surface area contributed by atoms with Gasteiger partial charge in [0.25, 0.3) is 0 Å². The Kier molecular flexibility index (Phi) is 16.2. The van der Waals surface area contributed by atoms with E-state index in [0.717, 1.165) is 60.8 Å². The first kappa shape index (κ1) is 42.3. The SMILES string of the molecule is CCOC(=O)/C=C\OC[C@H]1O[C@@](COC(C)=O)(O[C@H]2O[C@H](COC(C)=O)[C@@H](OC(C)=O)[C@H](OC(C)=O)[C@H]2OC(C)=O)[C@@H](OC(C)=O)[C@@H]1OC(C)=O. The molecule has 0 unspecified atom stereocenters. The van der Waals surface area contributed by atoms with Crippen LogP contribution in [0, 0.1) is 0 Å². The minimum atomic E-state index is -2.49. The summed E-state index contributed by atoms with van der Waals surface area (Å²) in [6.45, 7) is 6.81. The first-order chi connectivity index (χ1) is 23.9. The molecule has 0 aromatic rings. The fourth-order valence-electron chi connectivity index (χ4n) is 5.00. The normalized spacial score (nSPS) is 28.5. The summed E-state index contributed by atoms with van der Waals surface area (Å²) in [7, 11) is 0. The van der Waals surface area contributed by atoms with Crippen LogP contribution >= 0.6 is 0 Å². The summed E-state index contributed by atoms with van der Waals surface area (Å²) in [5.74, 6) is -9.53. The standard InChI is InChI=1S/C31H42O20/c1-9-41-24(39)10-11-40-12-23-26(45-18(5)35)29(48-21(8)38)31(50-23,14-43-16(3)33)51-30-28(47-20(7)37)27(46-19(6)36)25(44-17(4)34)22(49-30)13-42-15(2)32/h10-11,22-23,25-30H,9,12-14H2,1-8H3/b11-10-/t22-,23-,25-,26-,27+,28-,29+,30-,31+/m1/s1. The monoisotopic (exact) mass is 734 g/mol. The number of carbonyl (C=O) groups excluding carboxylic acids is 8. The van der Waals surface area contributed by atoms with Crippen molar-refractivity contribution in [2.75, 3.05) is 26.4 Å². The van der Waals surface area contributed by atoms with Gasteiger partial charge in [-0.15, -0.1) is 0 Å². The molecule has 2 aliphatic rings. The highest BCUT2D eigenvalue weighted by atomic mass is 16.8. The lowest BCUT2D eigenvalue weighted by Crippen LogP contribution is -2.65. The van der Waals surface area contributed by atoms with Crippen LogP contribution in [0.4, 0.5) is 0 Å². The second-order valence-electron chi connectivity index (χ2n) is 10.9. The maximum Gasteiger partial charge on any atom is 0.333 e. The van der Waals surface area contributed by atoms with Crippen molar-refractivity contribution in [2.24, 2.45) is 0 Å². The average molecular weight is 735 g/mol. The topological polar surface area (TPSA) is 247 Å². The molecule has 2 heterocycles. The zero-order valence-electron chi connectivity index (χ0n) is 29.3. The van der Waals surface area contributed by atoms with Gasteiger partial charge in [0.1, 0.15) is 32.0 Å². The summed E-state index contributed by atoms with van der Waals surface area (Å²) in [5, 5.41) is 0. The Balaban J connectivity index is 2.75. The van der Waals surface area contributed by atoms with Gasteiger partial charge in [0.05, 0.1) is 18.9 Å². The van der Waals surface area contributed by atoms with Gasteiger partial charge in [-0.1, -0.05) is 0 Å². The van der Waals surface area contributed by atoms with Crippen LogP contribution in [0.25, 0.3) is 0 Å². The molecule has 51 heavy (non-hydrogen) atoms. The van der Waals surface area contributed by atoms with Crippen molar-refractivity contribution < 1.29 is 95.2 Å². The predicted octanol–water partition coefficient (Wildman–Crippen LogP) is -0.299. The molecule has 0 spiro atoms. The number of hydrogen-bond donors (Lipinski definition) is 0. The van der Waals surface area contributed by atoms with Gasteiger partial charge in [-0.25, -0.2) is 4.79 Å². The van der Waals surface area contributed by atoms with E-state index in [0.29, 0.717) is 0 Å². The fourth-order valence-corrected chi connectivity index (χ4v) is 5.00. The molecule has 0 N–H and O–H groups in total. The molecule has 9 atom stereocenters. The molecule has 0 aromatic carbocycles. The van der Waals surface area contributed by atoms with Crippen molar-refractivity contribution in [1.29, 1.82) is 0 Å². The molecule has 20 nitrogen and oxygen atoms in total. The number of esters is 8. The molecule has 0 bridgehead atoms. The molecule has 286 valence electrons. The largest absolute Gasteiger partial charge is 0.498 e. The second-order valence-corrected chi connectivity index (χ2v) is 10.9. The third-order valence-corrected chi connectivity index (χ3v) is 6.63. The van der Waals surface area contributed by atoms with Gasteiger partial charge < -0.3 is 56.8 Å². The predicted molar refractivity (Wildman–Crippen MR) is 160 cm³/mol. The van der Waals surface area contributed by atoms with Gasteiger partial charge in [-0.05, 0) is 6.92 Å². The van der Waals surface area contributed by atoms with Crippen molar-refractivity contribution >= 4 is 47.8 Å². The highest BCUT2D eigenvalue weighted by Gasteiger charge is 2.65. The highest BCUT2D eigenvalue weighted by Crippen LogP contribution is 2.41. The molecule has 0 aliphatic carbocycles. The van der Waals surface area contributed by atoms with Gasteiger partial charge in [0.15, 0.2) is 30.5 Å². The Morgan fingerprint density at radius 2 is 1.12 bits per heavy atom. The minimum Gasteiger partial charge on any atom is -0.498 e. The van der Waals surface area contributed by atoms with Crippen LogP contribution in [0.15, 0.2) is 12.3 Å². The van der Waals surface area contributed by atoms with E-state index >= 15 is 0 Å². The lowest BCUT2D eigenvalue weighted by molar-refractivity contribution is -0.384. The minimum absolute atomic E-state index is 0.0861. The van der Waals surface area contributed by atoms with Crippen LogP contribution < -0.4 is 0 Å². The first-order valence-corrected chi connectivity index (χ1v) is 15.5. The van der Waals surface area contributed by atoms with Crippen LogP contribution in [-0.2, 0) is 95.2 Å². The van der Waals surface area contributed by atoms with Crippen LogP contribution in [0.3, 0.4) is 0 Å². The molecule has 20 heteroatoms. The second kappa shape index (κ2) is 19.5.